The Morgan fingerprint density at radius 2 is 1.42 bits per heavy atom. The Morgan fingerprint density at radius 1 is 0.788 bits per heavy atom. The van der Waals surface area contributed by atoms with Gasteiger partial charge in [-0.3, -0.25) is 0 Å². The first-order valence-corrected chi connectivity index (χ1v) is 12.0. The standard InChI is InChI=1S/C29H31FN2O/c30-27-13-12-25-21-32(22-26(25)20-27)17-7-16-31-18-14-28(15-19-31)33-29(23-8-3-1-4-9-23)24-10-5-2-6-11-24/h1-6,8-13,20-22,28-29H,7,14-19H2. The van der Waals surface area contributed by atoms with Crippen molar-refractivity contribution in [3.8, 4) is 0 Å². The molecule has 0 spiro atoms. The maximum atomic E-state index is 13.4. The molecule has 3 aromatic carbocycles. The van der Waals surface area contributed by atoms with Crippen molar-refractivity contribution in [2.75, 3.05) is 19.6 Å². The number of hydrogen-bond acceptors (Lipinski definition) is 2. The fraction of sp³-hybridized carbons (Fsp3) is 0.310. The van der Waals surface area contributed by atoms with E-state index in [0.717, 1.165) is 56.2 Å². The van der Waals surface area contributed by atoms with Crippen LogP contribution in [0.5, 0.6) is 0 Å². The molecule has 1 aliphatic rings. The van der Waals surface area contributed by atoms with E-state index in [9.17, 15) is 4.39 Å². The van der Waals surface area contributed by atoms with Crippen LogP contribution in [0, 0.1) is 5.82 Å². The molecular formula is C29H31FN2O. The number of fused-ring (bicyclic) bond motifs is 1. The molecule has 1 saturated heterocycles. The minimum absolute atomic E-state index is 0.0170. The molecular weight excluding hydrogens is 411 g/mol. The van der Waals surface area contributed by atoms with Crippen molar-refractivity contribution in [2.45, 2.75) is 38.0 Å². The Morgan fingerprint density at radius 3 is 2.09 bits per heavy atom. The lowest BCUT2D eigenvalue weighted by molar-refractivity contribution is -0.0271. The number of aryl methyl sites for hydroxylation is 1. The SMILES string of the molecule is Fc1ccc2cn(CCCN3CCC(OC(c4ccccc4)c4ccccc4)CC3)cc2c1. The van der Waals surface area contributed by atoms with Gasteiger partial charge in [0.1, 0.15) is 11.9 Å². The lowest BCUT2D eigenvalue weighted by atomic mass is 10.00. The number of hydrogen-bond donors (Lipinski definition) is 0. The van der Waals surface area contributed by atoms with Crippen molar-refractivity contribution >= 4 is 10.8 Å². The third-order valence-electron chi connectivity index (χ3n) is 6.62. The van der Waals surface area contributed by atoms with Gasteiger partial charge >= 0.3 is 0 Å². The van der Waals surface area contributed by atoms with E-state index < -0.39 is 0 Å². The van der Waals surface area contributed by atoms with E-state index in [1.54, 1.807) is 6.07 Å². The molecule has 0 atom stereocenters. The maximum absolute atomic E-state index is 13.4. The minimum atomic E-state index is -0.174. The van der Waals surface area contributed by atoms with Crippen LogP contribution in [0.25, 0.3) is 10.8 Å². The molecule has 0 radical (unpaired) electrons. The molecule has 0 unspecified atom stereocenters. The molecule has 0 aliphatic carbocycles. The van der Waals surface area contributed by atoms with Gasteiger partial charge < -0.3 is 14.2 Å². The summed E-state index contributed by atoms with van der Waals surface area (Å²) in [6.07, 6.45) is 7.62. The van der Waals surface area contributed by atoms with Crippen molar-refractivity contribution in [1.82, 2.24) is 9.47 Å². The zero-order valence-electron chi connectivity index (χ0n) is 18.9. The van der Waals surface area contributed by atoms with Gasteiger partial charge in [0.15, 0.2) is 0 Å². The highest BCUT2D eigenvalue weighted by molar-refractivity contribution is 5.82. The molecule has 0 amide bonds. The molecule has 170 valence electrons. The third kappa shape index (κ3) is 5.52. The van der Waals surface area contributed by atoms with Gasteiger partial charge in [-0.15, -0.1) is 0 Å². The molecule has 1 aliphatic heterocycles. The summed E-state index contributed by atoms with van der Waals surface area (Å²) in [5, 5.41) is 2.07. The van der Waals surface area contributed by atoms with Gasteiger partial charge in [0.05, 0.1) is 6.10 Å². The highest BCUT2D eigenvalue weighted by Gasteiger charge is 2.24. The van der Waals surface area contributed by atoms with Crippen LogP contribution in [-0.2, 0) is 11.3 Å². The predicted molar refractivity (Wildman–Crippen MR) is 132 cm³/mol. The Labute approximate surface area is 195 Å². The summed E-state index contributed by atoms with van der Waals surface area (Å²) in [5.74, 6) is -0.174. The van der Waals surface area contributed by atoms with Crippen LogP contribution in [0.2, 0.25) is 0 Å². The lowest BCUT2D eigenvalue weighted by Crippen LogP contribution is -2.38. The minimum Gasteiger partial charge on any atom is -0.365 e. The summed E-state index contributed by atoms with van der Waals surface area (Å²) >= 11 is 0. The first-order chi connectivity index (χ1) is 16.2. The summed E-state index contributed by atoms with van der Waals surface area (Å²) in [7, 11) is 0. The Balaban J connectivity index is 1.12. The van der Waals surface area contributed by atoms with Crippen LogP contribution < -0.4 is 0 Å². The zero-order chi connectivity index (χ0) is 22.5. The molecule has 0 saturated carbocycles. The van der Waals surface area contributed by atoms with Gasteiger partial charge in [-0.25, -0.2) is 4.39 Å². The smallest absolute Gasteiger partial charge is 0.123 e. The van der Waals surface area contributed by atoms with Gasteiger partial charge in [0, 0.05) is 37.4 Å². The largest absolute Gasteiger partial charge is 0.365 e. The lowest BCUT2D eigenvalue weighted by Gasteiger charge is -2.34. The molecule has 3 nitrogen and oxygen atoms in total. The van der Waals surface area contributed by atoms with Crippen molar-refractivity contribution in [2.24, 2.45) is 0 Å². The molecule has 0 bridgehead atoms. The van der Waals surface area contributed by atoms with Gasteiger partial charge in [-0.2, -0.15) is 0 Å². The molecule has 5 rings (SSSR count). The average Bonchev–Trinajstić information content (AvgIpc) is 3.26. The van der Waals surface area contributed by atoms with E-state index in [0.29, 0.717) is 0 Å². The molecule has 1 fully saturated rings. The van der Waals surface area contributed by atoms with E-state index >= 15 is 0 Å². The van der Waals surface area contributed by atoms with Gasteiger partial charge in [-0.1, -0.05) is 60.7 Å². The van der Waals surface area contributed by atoms with Crippen LogP contribution >= 0.6 is 0 Å². The Hall–Kier alpha value is -2.95. The zero-order valence-corrected chi connectivity index (χ0v) is 18.9. The number of benzene rings is 3. The number of rotatable bonds is 8. The molecule has 4 aromatic rings. The summed E-state index contributed by atoms with van der Waals surface area (Å²) in [5.41, 5.74) is 2.43. The van der Waals surface area contributed by atoms with Gasteiger partial charge in [-0.05, 0) is 60.5 Å². The number of likely N-dealkylation sites (tertiary alicyclic amines) is 1. The summed E-state index contributed by atoms with van der Waals surface area (Å²) in [4.78, 5) is 2.54. The van der Waals surface area contributed by atoms with E-state index in [4.69, 9.17) is 4.74 Å². The average molecular weight is 443 g/mol. The highest BCUT2D eigenvalue weighted by atomic mass is 19.1. The number of aromatic nitrogens is 1. The maximum Gasteiger partial charge on any atom is 0.123 e. The topological polar surface area (TPSA) is 17.4 Å². The first kappa shape index (κ1) is 21.9. The Bertz CT molecular complexity index is 1110. The van der Waals surface area contributed by atoms with E-state index in [2.05, 4.69) is 76.3 Å². The summed E-state index contributed by atoms with van der Waals surface area (Å²) < 4.78 is 22.3. The third-order valence-corrected chi connectivity index (χ3v) is 6.62. The van der Waals surface area contributed by atoms with Crippen LogP contribution in [0.1, 0.15) is 36.5 Å². The number of ether oxygens (including phenoxy) is 1. The van der Waals surface area contributed by atoms with Gasteiger partial charge in [0.25, 0.3) is 0 Å². The number of piperidine rings is 1. The fourth-order valence-electron chi connectivity index (χ4n) is 4.84. The second-order valence-electron chi connectivity index (χ2n) is 9.00. The molecule has 4 heteroatoms. The van der Waals surface area contributed by atoms with E-state index in [1.807, 2.05) is 12.3 Å². The molecule has 0 N–H and O–H groups in total. The highest BCUT2D eigenvalue weighted by Crippen LogP contribution is 2.30. The van der Waals surface area contributed by atoms with Gasteiger partial charge in [0.2, 0.25) is 0 Å². The first-order valence-electron chi connectivity index (χ1n) is 12.0. The number of halogens is 1. The van der Waals surface area contributed by atoms with Crippen molar-refractivity contribution in [3.05, 3.63) is 108 Å². The molecule has 33 heavy (non-hydrogen) atoms. The van der Waals surface area contributed by atoms with Crippen molar-refractivity contribution in [3.63, 3.8) is 0 Å². The summed E-state index contributed by atoms with van der Waals surface area (Å²) in [6.45, 7) is 4.17. The van der Waals surface area contributed by atoms with Crippen LogP contribution in [0.4, 0.5) is 4.39 Å². The second-order valence-corrected chi connectivity index (χ2v) is 9.00. The second kappa shape index (κ2) is 10.3. The van der Waals surface area contributed by atoms with Crippen molar-refractivity contribution in [1.29, 1.82) is 0 Å². The quantitative estimate of drug-likeness (QED) is 0.312. The normalized spacial score (nSPS) is 15.5. The molecule has 1 aromatic heterocycles. The summed E-state index contributed by atoms with van der Waals surface area (Å²) in [6, 6.07) is 26.1. The fourth-order valence-corrected chi connectivity index (χ4v) is 4.84. The Kier molecular flexibility index (Phi) is 6.84. The van der Waals surface area contributed by atoms with Crippen LogP contribution in [0.3, 0.4) is 0 Å². The van der Waals surface area contributed by atoms with E-state index in [1.165, 1.54) is 17.2 Å². The molecule has 2 heterocycles. The van der Waals surface area contributed by atoms with Crippen molar-refractivity contribution < 1.29 is 9.13 Å². The van der Waals surface area contributed by atoms with Crippen LogP contribution in [-0.4, -0.2) is 35.2 Å². The number of nitrogens with zero attached hydrogens (tertiary/aromatic N) is 2. The predicted octanol–water partition coefficient (Wildman–Crippen LogP) is 6.44. The van der Waals surface area contributed by atoms with Crippen LogP contribution in [0.15, 0.2) is 91.3 Å². The van der Waals surface area contributed by atoms with E-state index in [-0.39, 0.29) is 18.0 Å². The monoisotopic (exact) mass is 442 g/mol.